The molecule has 6 nitrogen and oxygen atoms in total. The standard InChI is InChI=1S/C21H20N4O2/c26-20-19(14-16-6-2-1-3-7-16)24(13-11-22-20)21(27)17-8-4-9-18(15-17)25-12-5-10-23-25/h1-10,12,15,19H,11,13-14H2,(H,22,26)/t19-/m1/s1. The maximum atomic E-state index is 13.2. The first kappa shape index (κ1) is 17.0. The SMILES string of the molecule is O=C1NCCN(C(=O)c2cccc(-n3cccn3)c2)[C@@H]1Cc1ccccc1. The van der Waals surface area contributed by atoms with Gasteiger partial charge in [0.05, 0.1) is 5.69 Å². The van der Waals surface area contributed by atoms with Crippen molar-refractivity contribution < 1.29 is 9.59 Å². The van der Waals surface area contributed by atoms with Crippen molar-refractivity contribution in [1.29, 1.82) is 0 Å². The summed E-state index contributed by atoms with van der Waals surface area (Å²) in [4.78, 5) is 27.3. The van der Waals surface area contributed by atoms with E-state index in [1.54, 1.807) is 27.9 Å². The van der Waals surface area contributed by atoms with Gasteiger partial charge in [0, 0.05) is 37.5 Å². The van der Waals surface area contributed by atoms with Gasteiger partial charge in [0.25, 0.3) is 5.91 Å². The lowest BCUT2D eigenvalue weighted by molar-refractivity contribution is -0.127. The molecule has 0 saturated carbocycles. The Labute approximate surface area is 157 Å². The molecule has 1 saturated heterocycles. The first-order chi connectivity index (χ1) is 13.2. The van der Waals surface area contributed by atoms with Crippen LogP contribution in [0.4, 0.5) is 0 Å². The van der Waals surface area contributed by atoms with Gasteiger partial charge in [0.1, 0.15) is 6.04 Å². The molecule has 4 rings (SSSR count). The van der Waals surface area contributed by atoms with Crippen LogP contribution in [0.25, 0.3) is 5.69 Å². The summed E-state index contributed by atoms with van der Waals surface area (Å²) in [7, 11) is 0. The minimum absolute atomic E-state index is 0.110. The molecule has 2 heterocycles. The van der Waals surface area contributed by atoms with Crippen molar-refractivity contribution in [3.05, 3.63) is 84.2 Å². The van der Waals surface area contributed by atoms with Crippen molar-refractivity contribution >= 4 is 11.8 Å². The smallest absolute Gasteiger partial charge is 0.254 e. The number of aromatic nitrogens is 2. The number of nitrogens with one attached hydrogen (secondary N) is 1. The number of carbonyl (C=O) groups is 2. The summed E-state index contributed by atoms with van der Waals surface area (Å²) in [6.07, 6.45) is 4.02. The molecule has 2 aromatic carbocycles. The number of nitrogens with zero attached hydrogens (tertiary/aromatic N) is 3. The van der Waals surface area contributed by atoms with Gasteiger partial charge in [-0.2, -0.15) is 5.10 Å². The zero-order valence-corrected chi connectivity index (χ0v) is 14.8. The predicted octanol–water partition coefficient (Wildman–Crippen LogP) is 2.06. The van der Waals surface area contributed by atoms with Crippen molar-refractivity contribution in [3.8, 4) is 5.69 Å². The second-order valence-electron chi connectivity index (χ2n) is 6.50. The van der Waals surface area contributed by atoms with E-state index in [-0.39, 0.29) is 11.8 Å². The molecule has 3 aromatic rings. The van der Waals surface area contributed by atoms with Crippen molar-refractivity contribution in [3.63, 3.8) is 0 Å². The molecule has 1 fully saturated rings. The minimum Gasteiger partial charge on any atom is -0.353 e. The molecule has 0 radical (unpaired) electrons. The highest BCUT2D eigenvalue weighted by atomic mass is 16.2. The summed E-state index contributed by atoms with van der Waals surface area (Å²) in [6, 6.07) is 18.4. The minimum atomic E-state index is -0.512. The van der Waals surface area contributed by atoms with E-state index >= 15 is 0 Å². The molecule has 1 atom stereocenters. The van der Waals surface area contributed by atoms with Gasteiger partial charge >= 0.3 is 0 Å². The number of amides is 2. The summed E-state index contributed by atoms with van der Waals surface area (Å²) in [5, 5.41) is 7.09. The zero-order valence-electron chi connectivity index (χ0n) is 14.8. The van der Waals surface area contributed by atoms with Crippen molar-refractivity contribution in [2.24, 2.45) is 0 Å². The van der Waals surface area contributed by atoms with Crippen LogP contribution < -0.4 is 5.32 Å². The quantitative estimate of drug-likeness (QED) is 0.774. The van der Waals surface area contributed by atoms with E-state index in [0.717, 1.165) is 11.3 Å². The van der Waals surface area contributed by atoms with Gasteiger partial charge in [-0.15, -0.1) is 0 Å². The van der Waals surface area contributed by atoms with Crippen LogP contribution in [0.2, 0.25) is 0 Å². The average Bonchev–Trinajstić information content (AvgIpc) is 3.25. The van der Waals surface area contributed by atoms with Crippen LogP contribution in [0.3, 0.4) is 0 Å². The van der Waals surface area contributed by atoms with Crippen LogP contribution in [-0.2, 0) is 11.2 Å². The summed E-state index contributed by atoms with van der Waals surface area (Å²) < 4.78 is 1.71. The van der Waals surface area contributed by atoms with E-state index in [2.05, 4.69) is 10.4 Å². The molecule has 0 unspecified atom stereocenters. The zero-order chi connectivity index (χ0) is 18.6. The molecule has 1 aliphatic heterocycles. The molecule has 27 heavy (non-hydrogen) atoms. The topological polar surface area (TPSA) is 67.2 Å². The Kier molecular flexibility index (Phi) is 4.70. The number of carbonyl (C=O) groups excluding carboxylic acids is 2. The Morgan fingerprint density at radius 2 is 1.96 bits per heavy atom. The van der Waals surface area contributed by atoms with Crippen LogP contribution in [0.1, 0.15) is 15.9 Å². The third kappa shape index (κ3) is 3.60. The van der Waals surface area contributed by atoms with Gasteiger partial charge in [-0.05, 0) is 29.8 Å². The molecule has 0 bridgehead atoms. The molecule has 136 valence electrons. The van der Waals surface area contributed by atoms with Crippen LogP contribution >= 0.6 is 0 Å². The largest absolute Gasteiger partial charge is 0.353 e. The van der Waals surface area contributed by atoms with Crippen molar-refractivity contribution in [2.75, 3.05) is 13.1 Å². The van der Waals surface area contributed by atoms with E-state index in [1.807, 2.05) is 54.7 Å². The second-order valence-corrected chi connectivity index (χ2v) is 6.50. The lowest BCUT2D eigenvalue weighted by Gasteiger charge is -2.35. The maximum absolute atomic E-state index is 13.2. The van der Waals surface area contributed by atoms with Crippen LogP contribution in [0.15, 0.2) is 73.1 Å². The van der Waals surface area contributed by atoms with Gasteiger partial charge in [0.15, 0.2) is 0 Å². The molecular formula is C21H20N4O2. The van der Waals surface area contributed by atoms with Gasteiger partial charge in [-0.3, -0.25) is 9.59 Å². The maximum Gasteiger partial charge on any atom is 0.254 e. The lowest BCUT2D eigenvalue weighted by atomic mass is 10.0. The number of rotatable bonds is 4. The predicted molar refractivity (Wildman–Crippen MR) is 102 cm³/mol. The first-order valence-corrected chi connectivity index (χ1v) is 8.95. The van der Waals surface area contributed by atoms with Gasteiger partial charge < -0.3 is 10.2 Å². The normalized spacial score (nSPS) is 16.8. The summed E-state index contributed by atoms with van der Waals surface area (Å²) in [6.45, 7) is 0.961. The van der Waals surface area contributed by atoms with Crippen LogP contribution in [0, 0.1) is 0 Å². The summed E-state index contributed by atoms with van der Waals surface area (Å²) in [5.74, 6) is -0.249. The monoisotopic (exact) mass is 360 g/mol. The molecule has 0 aliphatic carbocycles. The molecular weight excluding hydrogens is 340 g/mol. The fraction of sp³-hybridized carbons (Fsp3) is 0.190. The Balaban J connectivity index is 1.61. The van der Waals surface area contributed by atoms with Crippen molar-refractivity contribution in [2.45, 2.75) is 12.5 Å². The number of piperazine rings is 1. The number of hydrogen-bond donors (Lipinski definition) is 1. The third-order valence-corrected chi connectivity index (χ3v) is 4.73. The Bertz CT molecular complexity index is 938. The van der Waals surface area contributed by atoms with E-state index in [0.29, 0.717) is 25.1 Å². The Morgan fingerprint density at radius 1 is 1.11 bits per heavy atom. The molecule has 1 aromatic heterocycles. The van der Waals surface area contributed by atoms with Crippen LogP contribution in [0.5, 0.6) is 0 Å². The third-order valence-electron chi connectivity index (χ3n) is 4.73. The Morgan fingerprint density at radius 3 is 2.74 bits per heavy atom. The van der Waals surface area contributed by atoms with E-state index < -0.39 is 6.04 Å². The highest BCUT2D eigenvalue weighted by Gasteiger charge is 2.33. The van der Waals surface area contributed by atoms with Crippen LogP contribution in [-0.4, -0.2) is 45.6 Å². The highest BCUT2D eigenvalue weighted by molar-refractivity contribution is 5.98. The fourth-order valence-electron chi connectivity index (χ4n) is 3.37. The second kappa shape index (κ2) is 7.45. The Hall–Kier alpha value is -3.41. The molecule has 2 amide bonds. The number of hydrogen-bond acceptors (Lipinski definition) is 3. The number of benzene rings is 2. The molecule has 0 spiro atoms. The van der Waals surface area contributed by atoms with Gasteiger partial charge in [-0.1, -0.05) is 36.4 Å². The molecule has 1 N–H and O–H groups in total. The van der Waals surface area contributed by atoms with E-state index in [1.165, 1.54) is 0 Å². The van der Waals surface area contributed by atoms with Gasteiger partial charge in [0.2, 0.25) is 5.91 Å². The van der Waals surface area contributed by atoms with Gasteiger partial charge in [-0.25, -0.2) is 4.68 Å². The average molecular weight is 360 g/mol. The highest BCUT2D eigenvalue weighted by Crippen LogP contribution is 2.17. The van der Waals surface area contributed by atoms with E-state index in [9.17, 15) is 9.59 Å². The fourth-order valence-corrected chi connectivity index (χ4v) is 3.37. The van der Waals surface area contributed by atoms with Crippen molar-refractivity contribution in [1.82, 2.24) is 20.0 Å². The summed E-state index contributed by atoms with van der Waals surface area (Å²) in [5.41, 5.74) is 2.39. The summed E-state index contributed by atoms with van der Waals surface area (Å²) >= 11 is 0. The first-order valence-electron chi connectivity index (χ1n) is 8.95. The lowest BCUT2D eigenvalue weighted by Crippen LogP contribution is -2.58. The van der Waals surface area contributed by atoms with E-state index in [4.69, 9.17) is 0 Å². The molecule has 6 heteroatoms. The molecule has 1 aliphatic rings.